The Balaban J connectivity index is 1.59. The van der Waals surface area contributed by atoms with Crippen LogP contribution in [0.1, 0.15) is 5.56 Å². The van der Waals surface area contributed by atoms with E-state index in [2.05, 4.69) is 108 Å². The van der Waals surface area contributed by atoms with Gasteiger partial charge in [-0.15, -0.1) is 0 Å². The van der Waals surface area contributed by atoms with Crippen LogP contribution >= 0.6 is 0 Å². The SMILES string of the molecule is C(=Nc1ccc2ccccc2c1-c1c(-n2cnc3ccccc32)ccc2ccccc12)c1ccccc1. The molecule has 3 heteroatoms. The number of imidazole rings is 1. The summed E-state index contributed by atoms with van der Waals surface area (Å²) in [5.74, 6) is 0. The molecule has 6 aromatic carbocycles. The maximum Gasteiger partial charge on any atom is 0.100 e. The molecule has 1 heterocycles. The number of rotatable bonds is 4. The van der Waals surface area contributed by atoms with E-state index in [-0.39, 0.29) is 0 Å². The van der Waals surface area contributed by atoms with Gasteiger partial charge in [-0.2, -0.15) is 0 Å². The van der Waals surface area contributed by atoms with Gasteiger partial charge in [0.15, 0.2) is 0 Å². The predicted octanol–water partition coefficient (Wildman–Crippen LogP) is 8.75. The average Bonchev–Trinajstić information content (AvgIpc) is 3.40. The smallest absolute Gasteiger partial charge is 0.100 e. The summed E-state index contributed by atoms with van der Waals surface area (Å²) < 4.78 is 2.20. The fourth-order valence-electron chi connectivity index (χ4n) is 5.19. The average molecular weight is 474 g/mol. The lowest BCUT2D eigenvalue weighted by molar-refractivity contribution is 1.10. The number of aliphatic imine (C=N–C) groups is 1. The van der Waals surface area contributed by atoms with Crippen molar-refractivity contribution in [3.8, 4) is 16.8 Å². The van der Waals surface area contributed by atoms with Crippen molar-refractivity contribution in [1.29, 1.82) is 0 Å². The first-order valence-electron chi connectivity index (χ1n) is 12.4. The first-order chi connectivity index (χ1) is 18.4. The van der Waals surface area contributed by atoms with Gasteiger partial charge in [0, 0.05) is 17.3 Å². The summed E-state index contributed by atoms with van der Waals surface area (Å²) in [6.45, 7) is 0. The molecule has 0 amide bonds. The van der Waals surface area contributed by atoms with E-state index in [0.717, 1.165) is 39.1 Å². The standard InChI is InChI=1S/C34H23N3/c1-2-10-24(11-3-1)22-35-30-20-18-25-12-4-6-14-27(25)33(30)34-28-15-7-5-13-26(28)19-21-32(34)37-23-36-29-16-8-9-17-31(29)37/h1-23H. The summed E-state index contributed by atoms with van der Waals surface area (Å²) in [6, 6.07) is 44.4. The van der Waals surface area contributed by atoms with Gasteiger partial charge in [-0.25, -0.2) is 4.98 Å². The largest absolute Gasteiger partial charge is 0.298 e. The molecule has 0 unspecified atom stereocenters. The van der Waals surface area contributed by atoms with Crippen LogP contribution in [0.25, 0.3) is 49.4 Å². The van der Waals surface area contributed by atoms with Crippen LogP contribution < -0.4 is 0 Å². The van der Waals surface area contributed by atoms with E-state index < -0.39 is 0 Å². The zero-order valence-electron chi connectivity index (χ0n) is 20.1. The molecule has 0 saturated heterocycles. The Bertz CT molecular complexity index is 1930. The molecule has 0 aliphatic heterocycles. The highest BCUT2D eigenvalue weighted by Gasteiger charge is 2.19. The van der Waals surface area contributed by atoms with Crippen molar-refractivity contribution >= 4 is 44.5 Å². The van der Waals surface area contributed by atoms with Crippen LogP contribution in [0.15, 0.2) is 139 Å². The molecular formula is C34H23N3. The Morgan fingerprint density at radius 3 is 2.03 bits per heavy atom. The molecule has 0 aliphatic carbocycles. The van der Waals surface area contributed by atoms with Crippen molar-refractivity contribution < 1.29 is 0 Å². The summed E-state index contributed by atoms with van der Waals surface area (Å²) >= 11 is 0. The van der Waals surface area contributed by atoms with E-state index in [4.69, 9.17) is 9.98 Å². The Kier molecular flexibility index (Phi) is 5.11. The molecule has 0 saturated carbocycles. The van der Waals surface area contributed by atoms with Gasteiger partial charge < -0.3 is 0 Å². The van der Waals surface area contributed by atoms with Crippen molar-refractivity contribution in [3.05, 3.63) is 139 Å². The van der Waals surface area contributed by atoms with E-state index in [0.29, 0.717) is 0 Å². The molecular weight excluding hydrogens is 450 g/mol. The van der Waals surface area contributed by atoms with Crippen LogP contribution in [0.3, 0.4) is 0 Å². The van der Waals surface area contributed by atoms with Gasteiger partial charge in [0.2, 0.25) is 0 Å². The number of fused-ring (bicyclic) bond motifs is 3. The third kappa shape index (κ3) is 3.69. The zero-order valence-corrected chi connectivity index (χ0v) is 20.1. The van der Waals surface area contributed by atoms with E-state index >= 15 is 0 Å². The predicted molar refractivity (Wildman–Crippen MR) is 155 cm³/mol. The topological polar surface area (TPSA) is 30.2 Å². The Labute approximate surface area is 215 Å². The van der Waals surface area contributed by atoms with Crippen LogP contribution in [0.5, 0.6) is 0 Å². The monoisotopic (exact) mass is 473 g/mol. The minimum atomic E-state index is 0.935. The molecule has 174 valence electrons. The van der Waals surface area contributed by atoms with E-state index in [9.17, 15) is 0 Å². The highest BCUT2D eigenvalue weighted by molar-refractivity contribution is 6.12. The van der Waals surface area contributed by atoms with Crippen LogP contribution in [-0.4, -0.2) is 15.8 Å². The summed E-state index contributed by atoms with van der Waals surface area (Å²) in [5, 5.41) is 4.74. The Morgan fingerprint density at radius 1 is 0.568 bits per heavy atom. The minimum Gasteiger partial charge on any atom is -0.298 e. The van der Waals surface area contributed by atoms with Crippen LogP contribution in [-0.2, 0) is 0 Å². The van der Waals surface area contributed by atoms with Crippen LogP contribution in [0, 0.1) is 0 Å². The minimum absolute atomic E-state index is 0.935. The van der Waals surface area contributed by atoms with Gasteiger partial charge in [-0.1, -0.05) is 103 Å². The van der Waals surface area contributed by atoms with Gasteiger partial charge in [0.1, 0.15) is 6.33 Å². The Morgan fingerprint density at radius 2 is 1.22 bits per heavy atom. The maximum absolute atomic E-state index is 5.04. The molecule has 7 rings (SSSR count). The second-order valence-electron chi connectivity index (χ2n) is 9.13. The molecule has 7 aromatic rings. The van der Waals surface area contributed by atoms with E-state index in [1.54, 1.807) is 0 Å². The molecule has 0 radical (unpaired) electrons. The van der Waals surface area contributed by atoms with E-state index in [1.165, 1.54) is 21.5 Å². The number of hydrogen-bond acceptors (Lipinski definition) is 2. The lowest BCUT2D eigenvalue weighted by atomic mass is 9.91. The van der Waals surface area contributed by atoms with Crippen molar-refractivity contribution in [3.63, 3.8) is 0 Å². The van der Waals surface area contributed by atoms with Gasteiger partial charge in [0.25, 0.3) is 0 Å². The van der Waals surface area contributed by atoms with Gasteiger partial charge in [-0.05, 0) is 51.4 Å². The summed E-state index contributed by atoms with van der Waals surface area (Å²) in [5.41, 5.74) is 7.41. The van der Waals surface area contributed by atoms with E-state index in [1.807, 2.05) is 36.8 Å². The van der Waals surface area contributed by atoms with Crippen molar-refractivity contribution in [2.45, 2.75) is 0 Å². The van der Waals surface area contributed by atoms with Crippen molar-refractivity contribution in [2.75, 3.05) is 0 Å². The zero-order chi connectivity index (χ0) is 24.6. The summed E-state index contributed by atoms with van der Waals surface area (Å²) in [4.78, 5) is 9.75. The Hall–Kier alpha value is -5.02. The molecule has 3 nitrogen and oxygen atoms in total. The first-order valence-corrected chi connectivity index (χ1v) is 12.4. The van der Waals surface area contributed by atoms with Crippen LogP contribution in [0.4, 0.5) is 5.69 Å². The second-order valence-corrected chi connectivity index (χ2v) is 9.13. The summed E-state index contributed by atoms with van der Waals surface area (Å²) in [7, 11) is 0. The number of hydrogen-bond donors (Lipinski definition) is 0. The molecule has 37 heavy (non-hydrogen) atoms. The van der Waals surface area contributed by atoms with Gasteiger partial charge in [-0.3, -0.25) is 9.56 Å². The van der Waals surface area contributed by atoms with Gasteiger partial charge in [0.05, 0.1) is 22.4 Å². The fourth-order valence-corrected chi connectivity index (χ4v) is 5.19. The van der Waals surface area contributed by atoms with Crippen molar-refractivity contribution in [2.24, 2.45) is 4.99 Å². The molecule has 0 atom stereocenters. The quantitative estimate of drug-likeness (QED) is 0.235. The molecule has 0 aliphatic rings. The third-order valence-electron chi connectivity index (χ3n) is 6.93. The number of para-hydroxylation sites is 2. The molecule has 0 bridgehead atoms. The summed E-state index contributed by atoms with van der Waals surface area (Å²) in [6.07, 6.45) is 3.88. The lowest BCUT2D eigenvalue weighted by Crippen LogP contribution is -1.98. The number of benzene rings is 6. The van der Waals surface area contributed by atoms with Crippen molar-refractivity contribution in [1.82, 2.24) is 9.55 Å². The van der Waals surface area contributed by atoms with Crippen LogP contribution in [0.2, 0.25) is 0 Å². The second kappa shape index (κ2) is 8.89. The normalized spacial score (nSPS) is 11.7. The number of nitrogens with zero attached hydrogens (tertiary/aromatic N) is 3. The number of aromatic nitrogens is 2. The first kappa shape index (κ1) is 21.3. The molecule has 0 spiro atoms. The fraction of sp³-hybridized carbons (Fsp3) is 0. The highest BCUT2D eigenvalue weighted by Crippen LogP contribution is 2.44. The molecule has 0 N–H and O–H groups in total. The molecule has 0 fully saturated rings. The van der Waals surface area contributed by atoms with Gasteiger partial charge >= 0.3 is 0 Å². The highest BCUT2D eigenvalue weighted by atomic mass is 15.0. The third-order valence-corrected chi connectivity index (χ3v) is 6.93. The maximum atomic E-state index is 5.04. The lowest BCUT2D eigenvalue weighted by Gasteiger charge is -2.18. The molecule has 1 aromatic heterocycles.